The molecule has 3 nitrogen and oxygen atoms in total. The van der Waals surface area contributed by atoms with Crippen molar-refractivity contribution in [1.29, 1.82) is 0 Å². The second-order valence-electron chi connectivity index (χ2n) is 2.54. The fourth-order valence-electron chi connectivity index (χ4n) is 1.06. The number of hydrogen-bond acceptors (Lipinski definition) is 3. The van der Waals surface area contributed by atoms with Gasteiger partial charge in [-0.1, -0.05) is 18.2 Å². The molecule has 0 fully saturated rings. The summed E-state index contributed by atoms with van der Waals surface area (Å²) in [6, 6.07) is 9.25. The van der Waals surface area contributed by atoms with Crippen molar-refractivity contribution in [3.63, 3.8) is 0 Å². The third kappa shape index (κ3) is 2.29. The molecule has 2 aromatic rings. The number of carbonyl (C=O) groups excluding carboxylic acids is 2. The van der Waals surface area contributed by atoms with E-state index in [1.54, 1.807) is 6.07 Å². The Balaban J connectivity index is 0.000000293. The molecule has 2 rings (SSSR count). The molecule has 0 saturated heterocycles. The van der Waals surface area contributed by atoms with Gasteiger partial charge >= 0.3 is 0 Å². The third-order valence-electron chi connectivity index (χ3n) is 1.56. The van der Waals surface area contributed by atoms with E-state index < -0.39 is 0 Å². The molecular weight excluding hydrogens is 180 g/mol. The molecule has 0 unspecified atom stereocenters. The van der Waals surface area contributed by atoms with Gasteiger partial charge < -0.3 is 9.21 Å². The molecule has 14 heavy (non-hydrogen) atoms. The maximum absolute atomic E-state index is 10.3. The number of rotatable bonds is 1. The van der Waals surface area contributed by atoms with Crippen molar-refractivity contribution in [3.05, 3.63) is 36.1 Å². The van der Waals surface area contributed by atoms with Gasteiger partial charge in [-0.25, -0.2) is 0 Å². The topological polar surface area (TPSA) is 47.3 Å². The first-order chi connectivity index (χ1) is 6.81. The minimum atomic E-state index is 0.381. The smallest absolute Gasteiger partial charge is 0.185 e. The van der Waals surface area contributed by atoms with E-state index in [4.69, 9.17) is 9.21 Å². The lowest BCUT2D eigenvalue weighted by molar-refractivity contribution is -0.106. The van der Waals surface area contributed by atoms with Crippen LogP contribution in [0.1, 0.15) is 17.5 Å². The van der Waals surface area contributed by atoms with Gasteiger partial charge in [0.05, 0.1) is 0 Å². The SMILES string of the molecule is CC=O.O=Cc1cc2ccccc2o1. The summed E-state index contributed by atoms with van der Waals surface area (Å²) in [5.74, 6) is 0.381. The molecule has 72 valence electrons. The highest BCUT2D eigenvalue weighted by Crippen LogP contribution is 2.16. The van der Waals surface area contributed by atoms with Crippen LogP contribution in [0.25, 0.3) is 11.0 Å². The maximum atomic E-state index is 10.3. The normalized spacial score (nSPS) is 8.93. The van der Waals surface area contributed by atoms with Crippen molar-refractivity contribution in [3.8, 4) is 0 Å². The van der Waals surface area contributed by atoms with Crippen LogP contribution in [-0.4, -0.2) is 12.6 Å². The van der Waals surface area contributed by atoms with Gasteiger partial charge in [0.2, 0.25) is 0 Å². The molecule has 0 radical (unpaired) electrons. The summed E-state index contributed by atoms with van der Waals surface area (Å²) in [6.45, 7) is 1.44. The van der Waals surface area contributed by atoms with Gasteiger partial charge in [0.15, 0.2) is 12.0 Å². The Morgan fingerprint density at radius 3 is 2.43 bits per heavy atom. The molecule has 0 amide bonds. The fourth-order valence-corrected chi connectivity index (χ4v) is 1.06. The van der Waals surface area contributed by atoms with E-state index in [0.717, 1.165) is 17.3 Å². The van der Waals surface area contributed by atoms with Crippen LogP contribution in [0, 0.1) is 0 Å². The zero-order chi connectivity index (χ0) is 10.4. The summed E-state index contributed by atoms with van der Waals surface area (Å²) in [7, 11) is 0. The van der Waals surface area contributed by atoms with Crippen LogP contribution in [0.4, 0.5) is 0 Å². The second-order valence-corrected chi connectivity index (χ2v) is 2.54. The highest BCUT2D eigenvalue weighted by atomic mass is 16.3. The number of para-hydroxylation sites is 1. The molecule has 0 aliphatic rings. The summed E-state index contributed by atoms with van der Waals surface area (Å²) in [5, 5.41) is 0.967. The molecule has 0 N–H and O–H groups in total. The first kappa shape index (κ1) is 10.2. The summed E-state index contributed by atoms with van der Waals surface area (Å²) in [5.41, 5.74) is 0.759. The lowest BCUT2D eigenvalue weighted by atomic mass is 10.2. The lowest BCUT2D eigenvalue weighted by Crippen LogP contribution is -1.65. The van der Waals surface area contributed by atoms with Crippen LogP contribution in [0.2, 0.25) is 0 Å². The zero-order valence-corrected chi connectivity index (χ0v) is 7.77. The van der Waals surface area contributed by atoms with Crippen LogP contribution in [0.15, 0.2) is 34.7 Å². The van der Waals surface area contributed by atoms with Gasteiger partial charge in [-0.05, 0) is 19.1 Å². The molecule has 1 heterocycles. The van der Waals surface area contributed by atoms with Gasteiger partial charge in [0.25, 0.3) is 0 Å². The Labute approximate surface area is 81.3 Å². The van der Waals surface area contributed by atoms with Gasteiger partial charge in [-0.2, -0.15) is 0 Å². The predicted octanol–water partition coefficient (Wildman–Crippen LogP) is 2.45. The van der Waals surface area contributed by atoms with E-state index >= 15 is 0 Å². The first-order valence-corrected chi connectivity index (χ1v) is 4.15. The number of aldehydes is 2. The predicted molar refractivity (Wildman–Crippen MR) is 53.3 cm³/mol. The highest BCUT2D eigenvalue weighted by Gasteiger charge is 1.99. The van der Waals surface area contributed by atoms with E-state index in [-0.39, 0.29) is 0 Å². The average molecular weight is 190 g/mol. The Morgan fingerprint density at radius 1 is 1.21 bits per heavy atom. The fraction of sp³-hybridized carbons (Fsp3) is 0.0909. The van der Waals surface area contributed by atoms with E-state index in [2.05, 4.69) is 0 Å². The van der Waals surface area contributed by atoms with Gasteiger partial charge in [0, 0.05) is 5.39 Å². The summed E-state index contributed by atoms with van der Waals surface area (Å²) < 4.78 is 5.15. The van der Waals surface area contributed by atoms with Crippen molar-refractivity contribution in [1.82, 2.24) is 0 Å². The summed E-state index contributed by atoms with van der Waals surface area (Å²) in [6.07, 6.45) is 1.46. The van der Waals surface area contributed by atoms with Crippen LogP contribution in [0.5, 0.6) is 0 Å². The minimum absolute atomic E-state index is 0.381. The molecule has 0 aliphatic carbocycles. The zero-order valence-electron chi connectivity index (χ0n) is 7.77. The molecule has 1 aromatic carbocycles. The Bertz CT molecular complexity index is 396. The highest BCUT2D eigenvalue weighted by molar-refractivity contribution is 5.84. The minimum Gasteiger partial charge on any atom is -0.453 e. The van der Waals surface area contributed by atoms with Gasteiger partial charge in [0.1, 0.15) is 11.9 Å². The second kappa shape index (κ2) is 4.97. The number of furan rings is 1. The standard InChI is InChI=1S/C9H6O2.C2H4O/c10-6-8-5-7-3-1-2-4-9(7)11-8;1-2-3/h1-6H;2H,1H3. The lowest BCUT2D eigenvalue weighted by Gasteiger charge is -1.81. The van der Waals surface area contributed by atoms with Crippen molar-refractivity contribution >= 4 is 23.5 Å². The van der Waals surface area contributed by atoms with E-state index in [1.807, 2.05) is 24.3 Å². The molecule has 0 aliphatic heterocycles. The van der Waals surface area contributed by atoms with Crippen molar-refractivity contribution in [2.75, 3.05) is 0 Å². The van der Waals surface area contributed by atoms with Crippen LogP contribution in [-0.2, 0) is 4.79 Å². The number of hydrogen-bond donors (Lipinski definition) is 0. The Morgan fingerprint density at radius 2 is 1.86 bits per heavy atom. The van der Waals surface area contributed by atoms with Crippen molar-refractivity contribution in [2.24, 2.45) is 0 Å². The third-order valence-corrected chi connectivity index (χ3v) is 1.56. The summed E-state index contributed by atoms with van der Waals surface area (Å²) >= 11 is 0. The van der Waals surface area contributed by atoms with E-state index in [9.17, 15) is 4.79 Å². The molecule has 0 spiro atoms. The van der Waals surface area contributed by atoms with Crippen molar-refractivity contribution in [2.45, 2.75) is 6.92 Å². The monoisotopic (exact) mass is 190 g/mol. The largest absolute Gasteiger partial charge is 0.453 e. The van der Waals surface area contributed by atoms with E-state index in [1.165, 1.54) is 6.92 Å². The quantitative estimate of drug-likeness (QED) is 0.649. The molecular formula is C11H10O3. The van der Waals surface area contributed by atoms with Crippen LogP contribution >= 0.6 is 0 Å². The molecule has 0 bridgehead atoms. The maximum Gasteiger partial charge on any atom is 0.185 e. The molecule has 3 heteroatoms. The summed E-state index contributed by atoms with van der Waals surface area (Å²) in [4.78, 5) is 19.1. The van der Waals surface area contributed by atoms with E-state index in [0.29, 0.717) is 12.0 Å². The van der Waals surface area contributed by atoms with Crippen LogP contribution < -0.4 is 0 Å². The van der Waals surface area contributed by atoms with Gasteiger partial charge in [-0.3, -0.25) is 4.79 Å². The van der Waals surface area contributed by atoms with Gasteiger partial charge in [-0.15, -0.1) is 0 Å². The Hall–Kier alpha value is -1.90. The molecule has 0 atom stereocenters. The number of benzene rings is 1. The first-order valence-electron chi connectivity index (χ1n) is 4.15. The average Bonchev–Trinajstić information content (AvgIpc) is 2.61. The van der Waals surface area contributed by atoms with Crippen LogP contribution in [0.3, 0.4) is 0 Å². The molecule has 1 aromatic heterocycles. The van der Waals surface area contributed by atoms with Crippen molar-refractivity contribution < 1.29 is 14.0 Å². The number of carbonyl (C=O) groups is 2. The Kier molecular flexibility index (Phi) is 3.61. The molecule has 0 saturated carbocycles. The number of fused-ring (bicyclic) bond motifs is 1.